The normalized spacial score (nSPS) is 11.5. The number of methoxy groups -OCH3 is 1. The molecule has 0 aromatic carbocycles. The summed E-state index contributed by atoms with van der Waals surface area (Å²) >= 11 is 0. The quantitative estimate of drug-likeness (QED) is 0.444. The molecule has 0 spiro atoms. The maximum Gasteiger partial charge on any atom is 0.327 e. The first-order chi connectivity index (χ1) is 10.1. The van der Waals surface area contributed by atoms with Gasteiger partial charge in [-0.1, -0.05) is 0 Å². The van der Waals surface area contributed by atoms with Crippen molar-refractivity contribution in [3.63, 3.8) is 0 Å². The predicted molar refractivity (Wildman–Crippen MR) is 83.7 cm³/mol. The predicted octanol–water partition coefficient (Wildman–Crippen LogP) is -1.39. The van der Waals surface area contributed by atoms with E-state index in [-0.39, 0.29) is 29.7 Å². The Bertz CT molecular complexity index is 653. The molecule has 0 radical (unpaired) electrons. The summed E-state index contributed by atoms with van der Waals surface area (Å²) in [7, 11) is 1.58. The van der Waals surface area contributed by atoms with Gasteiger partial charge in [-0.2, -0.15) is 4.98 Å². The molecule has 0 aliphatic rings. The molecule has 22 heavy (non-hydrogen) atoms. The molecule has 2 rings (SSSR count). The molecule has 0 aliphatic carbocycles. The first-order valence-corrected chi connectivity index (χ1v) is 7.57. The summed E-state index contributed by atoms with van der Waals surface area (Å²) in [5.74, 6) is 0.525. The SMILES string of the molecule is CC[N+](CC)(CC)CCn1c(=O)[nH]c2ccc(OC)nc21.[I-]. The van der Waals surface area contributed by atoms with E-state index in [4.69, 9.17) is 4.74 Å². The minimum Gasteiger partial charge on any atom is -1.00 e. The Morgan fingerprint density at radius 3 is 2.41 bits per heavy atom. The van der Waals surface area contributed by atoms with E-state index in [1.165, 1.54) is 0 Å². The number of nitrogens with one attached hydrogen (secondary N) is 1. The fourth-order valence-electron chi connectivity index (χ4n) is 2.79. The largest absolute Gasteiger partial charge is 1.00 e. The number of H-pyrrole nitrogens is 1. The molecular formula is C15H25IN4O2. The van der Waals surface area contributed by atoms with E-state index in [2.05, 4.69) is 30.7 Å². The molecule has 0 amide bonds. The fourth-order valence-corrected chi connectivity index (χ4v) is 2.79. The number of aromatic nitrogens is 3. The molecule has 2 aromatic heterocycles. The van der Waals surface area contributed by atoms with Gasteiger partial charge in [0.05, 0.1) is 45.4 Å². The van der Waals surface area contributed by atoms with Gasteiger partial charge in [-0.05, 0) is 26.8 Å². The molecule has 2 heterocycles. The molecule has 1 N–H and O–H groups in total. The molecule has 6 nitrogen and oxygen atoms in total. The van der Waals surface area contributed by atoms with Gasteiger partial charge in [-0.3, -0.25) is 4.57 Å². The van der Waals surface area contributed by atoms with Gasteiger partial charge in [0.2, 0.25) is 5.88 Å². The van der Waals surface area contributed by atoms with E-state index < -0.39 is 0 Å². The van der Waals surface area contributed by atoms with Crippen LogP contribution in [0.25, 0.3) is 11.2 Å². The van der Waals surface area contributed by atoms with Crippen LogP contribution >= 0.6 is 0 Å². The van der Waals surface area contributed by atoms with Crippen LogP contribution in [0.4, 0.5) is 0 Å². The van der Waals surface area contributed by atoms with Crippen LogP contribution in [0.1, 0.15) is 20.8 Å². The Kier molecular flexibility index (Phi) is 6.86. The highest BCUT2D eigenvalue weighted by Crippen LogP contribution is 2.14. The highest BCUT2D eigenvalue weighted by atomic mass is 127. The van der Waals surface area contributed by atoms with Crippen LogP contribution in [-0.2, 0) is 6.54 Å². The molecule has 0 bridgehead atoms. The first-order valence-electron chi connectivity index (χ1n) is 7.57. The molecule has 2 aromatic rings. The van der Waals surface area contributed by atoms with Crippen LogP contribution in [0.3, 0.4) is 0 Å². The zero-order chi connectivity index (χ0) is 15.5. The van der Waals surface area contributed by atoms with Gasteiger partial charge < -0.3 is 38.2 Å². The zero-order valence-electron chi connectivity index (χ0n) is 13.7. The fraction of sp³-hybridized carbons (Fsp3) is 0.600. The molecule has 0 saturated heterocycles. The van der Waals surface area contributed by atoms with Crippen molar-refractivity contribution in [2.45, 2.75) is 27.3 Å². The molecule has 0 aliphatic heterocycles. The summed E-state index contributed by atoms with van der Waals surface area (Å²) in [6.07, 6.45) is 0. The van der Waals surface area contributed by atoms with E-state index in [0.29, 0.717) is 18.1 Å². The summed E-state index contributed by atoms with van der Waals surface area (Å²) in [6, 6.07) is 3.59. The van der Waals surface area contributed by atoms with Crippen molar-refractivity contribution in [1.82, 2.24) is 14.5 Å². The zero-order valence-corrected chi connectivity index (χ0v) is 15.9. The number of likely N-dealkylation sites (N-methyl/N-ethyl adjacent to an activating group) is 1. The van der Waals surface area contributed by atoms with Crippen LogP contribution in [0.5, 0.6) is 5.88 Å². The number of pyridine rings is 1. The van der Waals surface area contributed by atoms with Crippen LogP contribution < -0.4 is 34.4 Å². The maximum absolute atomic E-state index is 12.1. The third-order valence-corrected chi connectivity index (χ3v) is 4.61. The molecule has 7 heteroatoms. The summed E-state index contributed by atoms with van der Waals surface area (Å²) in [5.41, 5.74) is 1.32. The Labute approximate surface area is 148 Å². The Morgan fingerprint density at radius 1 is 1.23 bits per heavy atom. The maximum atomic E-state index is 12.1. The molecule has 0 unspecified atom stereocenters. The van der Waals surface area contributed by atoms with Crippen LogP contribution in [0.2, 0.25) is 0 Å². The first kappa shape index (κ1) is 19.0. The number of ether oxygens (including phenoxy) is 1. The second-order valence-corrected chi connectivity index (χ2v) is 5.32. The molecule has 124 valence electrons. The van der Waals surface area contributed by atoms with Crippen molar-refractivity contribution in [3.8, 4) is 5.88 Å². The van der Waals surface area contributed by atoms with Gasteiger partial charge in [0.15, 0.2) is 5.65 Å². The number of quaternary nitrogens is 1. The minimum absolute atomic E-state index is 0. The highest BCUT2D eigenvalue weighted by molar-refractivity contribution is 5.71. The van der Waals surface area contributed by atoms with Crippen molar-refractivity contribution >= 4 is 11.2 Å². The second-order valence-electron chi connectivity index (χ2n) is 5.32. The topological polar surface area (TPSA) is 59.9 Å². The van der Waals surface area contributed by atoms with Crippen LogP contribution in [0.15, 0.2) is 16.9 Å². The Hall–Kier alpha value is -1.09. The number of nitrogens with zero attached hydrogens (tertiary/aromatic N) is 3. The van der Waals surface area contributed by atoms with E-state index >= 15 is 0 Å². The van der Waals surface area contributed by atoms with Gasteiger partial charge >= 0.3 is 5.69 Å². The van der Waals surface area contributed by atoms with E-state index in [1.807, 2.05) is 6.07 Å². The second kappa shape index (κ2) is 7.96. The number of fused-ring (bicyclic) bond motifs is 1. The van der Waals surface area contributed by atoms with Crippen LogP contribution in [-0.4, -0.2) is 52.3 Å². The lowest BCUT2D eigenvalue weighted by atomic mass is 10.3. The number of imidazole rings is 1. The van der Waals surface area contributed by atoms with Crippen molar-refractivity contribution < 1.29 is 33.2 Å². The standard InChI is InChI=1S/C15H24N4O2.HI/c1-5-19(6-2,7-3)11-10-18-14-12(16-15(18)20)8-9-13(17-14)21-4;/h8-9H,5-7,10-11H2,1-4H3;1H. The molecule has 0 saturated carbocycles. The molecular weight excluding hydrogens is 395 g/mol. The van der Waals surface area contributed by atoms with E-state index in [1.54, 1.807) is 17.7 Å². The van der Waals surface area contributed by atoms with Crippen molar-refractivity contribution in [1.29, 1.82) is 0 Å². The van der Waals surface area contributed by atoms with E-state index in [9.17, 15) is 4.79 Å². The van der Waals surface area contributed by atoms with Crippen molar-refractivity contribution in [3.05, 3.63) is 22.6 Å². The van der Waals surface area contributed by atoms with Crippen molar-refractivity contribution in [2.75, 3.05) is 33.3 Å². The number of rotatable bonds is 7. The number of halogens is 1. The lowest BCUT2D eigenvalue weighted by Gasteiger charge is -2.35. The van der Waals surface area contributed by atoms with Gasteiger partial charge in [0.1, 0.15) is 0 Å². The van der Waals surface area contributed by atoms with Gasteiger partial charge in [-0.25, -0.2) is 4.79 Å². The lowest BCUT2D eigenvalue weighted by Crippen LogP contribution is -3.00. The number of aromatic amines is 1. The minimum atomic E-state index is -0.104. The van der Waals surface area contributed by atoms with Crippen LogP contribution in [0, 0.1) is 0 Å². The Morgan fingerprint density at radius 2 is 1.86 bits per heavy atom. The monoisotopic (exact) mass is 420 g/mol. The average Bonchev–Trinajstić information content (AvgIpc) is 2.84. The molecule has 0 fully saturated rings. The number of hydrogen-bond donors (Lipinski definition) is 1. The summed E-state index contributed by atoms with van der Waals surface area (Å²) in [6.45, 7) is 11.4. The third-order valence-electron chi connectivity index (χ3n) is 4.61. The smallest absolute Gasteiger partial charge is 0.327 e. The summed E-state index contributed by atoms with van der Waals surface area (Å²) in [5, 5.41) is 0. The van der Waals surface area contributed by atoms with Crippen molar-refractivity contribution in [2.24, 2.45) is 0 Å². The lowest BCUT2D eigenvalue weighted by molar-refractivity contribution is -0.923. The summed E-state index contributed by atoms with van der Waals surface area (Å²) in [4.78, 5) is 19.4. The average molecular weight is 420 g/mol. The molecule has 0 atom stereocenters. The number of hydrogen-bond acceptors (Lipinski definition) is 3. The highest BCUT2D eigenvalue weighted by Gasteiger charge is 2.21. The van der Waals surface area contributed by atoms with Gasteiger partial charge in [0.25, 0.3) is 0 Å². The third kappa shape index (κ3) is 3.62. The van der Waals surface area contributed by atoms with E-state index in [0.717, 1.165) is 36.2 Å². The van der Waals surface area contributed by atoms with Gasteiger partial charge in [-0.15, -0.1) is 0 Å². The Balaban J connectivity index is 0.00000242. The summed E-state index contributed by atoms with van der Waals surface area (Å²) < 4.78 is 7.87. The van der Waals surface area contributed by atoms with Gasteiger partial charge in [0, 0.05) is 6.07 Å².